The highest BCUT2D eigenvalue weighted by atomic mass is 79.9. The van der Waals surface area contributed by atoms with Crippen LogP contribution >= 0.6 is 15.9 Å². The Morgan fingerprint density at radius 3 is 2.70 bits per heavy atom. The molecule has 108 valence electrons. The van der Waals surface area contributed by atoms with Crippen molar-refractivity contribution >= 4 is 31.6 Å². The smallest absolute Gasteiger partial charge is 0.281 e. The third kappa shape index (κ3) is 2.87. The van der Waals surface area contributed by atoms with Crippen molar-refractivity contribution < 1.29 is 8.42 Å². The highest BCUT2D eigenvalue weighted by Gasteiger charge is 2.23. The van der Waals surface area contributed by atoms with Crippen LogP contribution in [0.2, 0.25) is 0 Å². The van der Waals surface area contributed by atoms with E-state index in [0.29, 0.717) is 16.9 Å². The number of aryl methyl sites for hydroxylation is 2. The summed E-state index contributed by atoms with van der Waals surface area (Å²) in [6, 6.07) is 5.29. The molecule has 0 atom stereocenters. The van der Waals surface area contributed by atoms with Gasteiger partial charge in [-0.05, 0) is 37.6 Å². The summed E-state index contributed by atoms with van der Waals surface area (Å²) in [5, 5.41) is 6.43. The van der Waals surface area contributed by atoms with Gasteiger partial charge in [-0.1, -0.05) is 15.9 Å². The second-order valence-electron chi connectivity index (χ2n) is 4.40. The van der Waals surface area contributed by atoms with Crippen molar-refractivity contribution in [3.63, 3.8) is 0 Å². The quantitative estimate of drug-likeness (QED) is 0.778. The van der Waals surface area contributed by atoms with Gasteiger partial charge in [-0.25, -0.2) is 0 Å². The monoisotopic (exact) mass is 358 g/mol. The molecule has 1 heterocycles. The van der Waals surface area contributed by atoms with Crippen molar-refractivity contribution in [2.24, 2.45) is 5.73 Å². The Morgan fingerprint density at radius 1 is 1.40 bits per heavy atom. The molecule has 6 nitrogen and oxygen atoms in total. The maximum Gasteiger partial charge on any atom is 0.281 e. The molecule has 0 fully saturated rings. The summed E-state index contributed by atoms with van der Waals surface area (Å²) in [7, 11) is -3.76. The maximum atomic E-state index is 12.4. The fourth-order valence-electron chi connectivity index (χ4n) is 1.83. The molecule has 0 saturated heterocycles. The van der Waals surface area contributed by atoms with E-state index in [1.165, 1.54) is 0 Å². The van der Waals surface area contributed by atoms with Crippen molar-refractivity contribution in [1.29, 1.82) is 0 Å². The lowest BCUT2D eigenvalue weighted by Crippen LogP contribution is -2.17. The van der Waals surface area contributed by atoms with Gasteiger partial charge in [0, 0.05) is 22.3 Å². The Bertz CT molecular complexity index is 740. The molecule has 1 aromatic heterocycles. The average Bonchev–Trinajstić information content (AvgIpc) is 2.74. The number of halogens is 1. The predicted molar refractivity (Wildman–Crippen MR) is 80.9 cm³/mol. The van der Waals surface area contributed by atoms with E-state index < -0.39 is 10.0 Å². The van der Waals surface area contributed by atoms with Gasteiger partial charge in [0.05, 0.1) is 5.69 Å². The van der Waals surface area contributed by atoms with Gasteiger partial charge >= 0.3 is 0 Å². The molecule has 8 heteroatoms. The first-order valence-corrected chi connectivity index (χ1v) is 8.15. The number of hydrogen-bond donors (Lipinski definition) is 3. The second kappa shape index (κ2) is 5.55. The number of nitrogens with two attached hydrogens (primary N) is 1. The van der Waals surface area contributed by atoms with Gasteiger partial charge in [-0.15, -0.1) is 0 Å². The van der Waals surface area contributed by atoms with Gasteiger partial charge in [-0.2, -0.15) is 13.5 Å². The standard InChI is InChI=1S/C12H15BrN4O2S/c1-7-5-9(13)3-4-11(7)17-20(18,19)12-10(6-14)8(2)15-16-12/h3-5,17H,6,14H2,1-2H3,(H,15,16). The molecule has 20 heavy (non-hydrogen) atoms. The molecule has 0 unspecified atom stereocenters. The third-order valence-corrected chi connectivity index (χ3v) is 4.76. The molecule has 2 aromatic rings. The van der Waals surface area contributed by atoms with E-state index in [1.54, 1.807) is 19.1 Å². The topological polar surface area (TPSA) is 101 Å². The van der Waals surface area contributed by atoms with Crippen LogP contribution in [0, 0.1) is 13.8 Å². The van der Waals surface area contributed by atoms with E-state index in [2.05, 4.69) is 30.8 Å². The zero-order chi connectivity index (χ0) is 14.9. The summed E-state index contributed by atoms with van der Waals surface area (Å²) in [5.41, 5.74) is 8.04. The van der Waals surface area contributed by atoms with Crippen LogP contribution < -0.4 is 10.5 Å². The largest absolute Gasteiger partial charge is 0.326 e. The van der Waals surface area contributed by atoms with Crippen LogP contribution in [0.3, 0.4) is 0 Å². The van der Waals surface area contributed by atoms with Crippen LogP contribution in [-0.2, 0) is 16.6 Å². The summed E-state index contributed by atoms with van der Waals surface area (Å²) in [4.78, 5) is 0. The zero-order valence-electron chi connectivity index (χ0n) is 11.1. The van der Waals surface area contributed by atoms with Gasteiger partial charge in [0.15, 0.2) is 0 Å². The Morgan fingerprint density at radius 2 is 2.10 bits per heavy atom. The number of sulfonamides is 1. The Kier molecular flexibility index (Phi) is 4.17. The number of nitrogens with one attached hydrogen (secondary N) is 2. The van der Waals surface area contributed by atoms with Crippen molar-refractivity contribution in [3.05, 3.63) is 39.5 Å². The number of nitrogens with zero attached hydrogens (tertiary/aromatic N) is 1. The van der Waals surface area contributed by atoms with E-state index in [-0.39, 0.29) is 11.6 Å². The lowest BCUT2D eigenvalue weighted by atomic mass is 10.2. The maximum absolute atomic E-state index is 12.4. The predicted octanol–water partition coefficient (Wildman–Crippen LogP) is 2.05. The minimum atomic E-state index is -3.76. The first kappa shape index (κ1) is 15.0. The molecular weight excluding hydrogens is 344 g/mol. The van der Waals surface area contributed by atoms with E-state index >= 15 is 0 Å². The molecular formula is C12H15BrN4O2S. The second-order valence-corrected chi connectivity index (χ2v) is 6.91. The van der Waals surface area contributed by atoms with Crippen molar-refractivity contribution in [1.82, 2.24) is 10.2 Å². The number of benzene rings is 1. The van der Waals surface area contributed by atoms with E-state index in [4.69, 9.17) is 5.73 Å². The Hall–Kier alpha value is -1.38. The van der Waals surface area contributed by atoms with Crippen LogP contribution in [0.25, 0.3) is 0 Å². The molecule has 4 N–H and O–H groups in total. The van der Waals surface area contributed by atoms with Crippen molar-refractivity contribution in [3.8, 4) is 0 Å². The molecule has 0 saturated carbocycles. The first-order valence-electron chi connectivity index (χ1n) is 5.88. The number of rotatable bonds is 4. The highest BCUT2D eigenvalue weighted by Crippen LogP contribution is 2.24. The average molecular weight is 359 g/mol. The minimum Gasteiger partial charge on any atom is -0.326 e. The summed E-state index contributed by atoms with van der Waals surface area (Å²) in [5.74, 6) is 0. The van der Waals surface area contributed by atoms with E-state index in [0.717, 1.165) is 10.0 Å². The molecule has 0 amide bonds. The Balaban J connectivity index is 2.41. The Labute approximate surface area is 125 Å². The van der Waals surface area contributed by atoms with Gasteiger partial charge in [0.25, 0.3) is 10.0 Å². The number of aromatic nitrogens is 2. The molecule has 0 aliphatic rings. The molecule has 0 aliphatic heterocycles. The van der Waals surface area contributed by atoms with Gasteiger partial charge in [0.1, 0.15) is 0 Å². The summed E-state index contributed by atoms with van der Waals surface area (Å²) >= 11 is 3.34. The lowest BCUT2D eigenvalue weighted by molar-refractivity contribution is 0.595. The molecule has 0 aliphatic carbocycles. The van der Waals surface area contributed by atoms with Crippen LogP contribution in [-0.4, -0.2) is 18.6 Å². The minimum absolute atomic E-state index is 0.0557. The molecule has 1 aromatic carbocycles. The summed E-state index contributed by atoms with van der Waals surface area (Å²) in [6.45, 7) is 3.67. The van der Waals surface area contributed by atoms with Crippen LogP contribution in [0.5, 0.6) is 0 Å². The lowest BCUT2D eigenvalue weighted by Gasteiger charge is -2.10. The number of H-pyrrole nitrogens is 1. The van der Waals surface area contributed by atoms with E-state index in [9.17, 15) is 8.42 Å². The van der Waals surface area contributed by atoms with Gasteiger partial charge < -0.3 is 5.73 Å². The number of anilines is 1. The highest BCUT2D eigenvalue weighted by molar-refractivity contribution is 9.10. The fourth-order valence-corrected chi connectivity index (χ4v) is 3.64. The number of aromatic amines is 1. The SMILES string of the molecule is Cc1cc(Br)ccc1NS(=O)(=O)c1n[nH]c(C)c1CN. The number of hydrogen-bond acceptors (Lipinski definition) is 4. The van der Waals surface area contributed by atoms with Crippen LogP contribution in [0.4, 0.5) is 5.69 Å². The normalized spacial score (nSPS) is 11.6. The summed E-state index contributed by atoms with van der Waals surface area (Å²) < 4.78 is 28.2. The van der Waals surface area contributed by atoms with Crippen molar-refractivity contribution in [2.45, 2.75) is 25.4 Å². The van der Waals surface area contributed by atoms with Crippen molar-refractivity contribution in [2.75, 3.05) is 4.72 Å². The van der Waals surface area contributed by atoms with Crippen LogP contribution in [0.15, 0.2) is 27.7 Å². The fraction of sp³-hybridized carbons (Fsp3) is 0.250. The van der Waals surface area contributed by atoms with Crippen LogP contribution in [0.1, 0.15) is 16.8 Å². The van der Waals surface area contributed by atoms with Gasteiger partial charge in [-0.3, -0.25) is 9.82 Å². The van der Waals surface area contributed by atoms with E-state index in [1.807, 2.05) is 13.0 Å². The summed E-state index contributed by atoms with van der Waals surface area (Å²) in [6.07, 6.45) is 0. The molecule has 0 spiro atoms. The molecule has 2 rings (SSSR count). The molecule has 0 radical (unpaired) electrons. The van der Waals surface area contributed by atoms with Gasteiger partial charge in [0.2, 0.25) is 5.03 Å². The first-order chi connectivity index (χ1) is 9.35. The zero-order valence-corrected chi connectivity index (χ0v) is 13.5. The third-order valence-electron chi connectivity index (χ3n) is 2.93. The molecule has 0 bridgehead atoms.